The van der Waals surface area contributed by atoms with Gasteiger partial charge >= 0.3 is 0 Å². The molecule has 0 fully saturated rings. The van der Waals surface area contributed by atoms with E-state index >= 15 is 0 Å². The van der Waals surface area contributed by atoms with Crippen LogP contribution in [0.3, 0.4) is 0 Å². The Bertz CT molecular complexity index is 396. The van der Waals surface area contributed by atoms with Crippen molar-refractivity contribution in [3.05, 3.63) is 24.3 Å². The zero-order valence-corrected chi connectivity index (χ0v) is 14.0. The van der Waals surface area contributed by atoms with E-state index in [1.54, 1.807) is 7.11 Å². The SMILES string of the molecule is COc1cccc(NC(N)=NCCCN(C)C)c1.I. The molecule has 0 unspecified atom stereocenters. The van der Waals surface area contributed by atoms with Gasteiger partial charge in [0.05, 0.1) is 7.11 Å². The molecule has 0 saturated carbocycles. The number of ether oxygens (including phenoxy) is 1. The molecular formula is C13H23IN4O. The maximum Gasteiger partial charge on any atom is 0.193 e. The van der Waals surface area contributed by atoms with Crippen molar-refractivity contribution in [3.63, 3.8) is 0 Å². The summed E-state index contributed by atoms with van der Waals surface area (Å²) < 4.78 is 5.14. The van der Waals surface area contributed by atoms with Crippen LogP contribution < -0.4 is 15.8 Å². The number of anilines is 1. The van der Waals surface area contributed by atoms with E-state index in [-0.39, 0.29) is 24.0 Å². The summed E-state index contributed by atoms with van der Waals surface area (Å²) in [6.07, 6.45) is 0.994. The minimum absolute atomic E-state index is 0. The lowest BCUT2D eigenvalue weighted by molar-refractivity contribution is 0.403. The molecule has 0 aromatic heterocycles. The minimum atomic E-state index is 0. The number of guanidine groups is 1. The Hall–Kier alpha value is -1.02. The van der Waals surface area contributed by atoms with Gasteiger partial charge in [-0.1, -0.05) is 6.07 Å². The number of nitrogens with two attached hydrogens (primary N) is 1. The Balaban J connectivity index is 0.00000324. The molecule has 108 valence electrons. The Morgan fingerprint density at radius 1 is 1.42 bits per heavy atom. The summed E-state index contributed by atoms with van der Waals surface area (Å²) in [5.41, 5.74) is 6.68. The third kappa shape index (κ3) is 7.89. The molecular weight excluding hydrogens is 355 g/mol. The maximum absolute atomic E-state index is 5.80. The van der Waals surface area contributed by atoms with E-state index in [1.165, 1.54) is 0 Å². The Kier molecular flexibility index (Phi) is 9.32. The fraction of sp³-hybridized carbons (Fsp3) is 0.462. The van der Waals surface area contributed by atoms with Crippen molar-refractivity contribution >= 4 is 35.6 Å². The standard InChI is InChI=1S/C13H22N4O.HI/c1-17(2)9-5-8-15-13(14)16-11-6-4-7-12(10-11)18-3;/h4,6-7,10H,5,8-9H2,1-3H3,(H3,14,15,16);1H. The van der Waals surface area contributed by atoms with E-state index in [4.69, 9.17) is 10.5 Å². The summed E-state index contributed by atoms with van der Waals surface area (Å²) in [6.45, 7) is 1.73. The van der Waals surface area contributed by atoms with Crippen molar-refractivity contribution < 1.29 is 4.74 Å². The quantitative estimate of drug-likeness (QED) is 0.344. The monoisotopic (exact) mass is 378 g/mol. The molecule has 5 nitrogen and oxygen atoms in total. The van der Waals surface area contributed by atoms with Gasteiger partial charge in [-0.3, -0.25) is 4.99 Å². The van der Waals surface area contributed by atoms with Crippen LogP contribution in [0.5, 0.6) is 5.75 Å². The van der Waals surface area contributed by atoms with E-state index in [9.17, 15) is 0 Å². The molecule has 0 amide bonds. The van der Waals surface area contributed by atoms with E-state index in [1.807, 2.05) is 38.4 Å². The molecule has 0 aliphatic carbocycles. The number of benzene rings is 1. The van der Waals surface area contributed by atoms with Crippen molar-refractivity contribution in [3.8, 4) is 5.75 Å². The van der Waals surface area contributed by atoms with Crippen LogP contribution in [-0.4, -0.2) is 45.2 Å². The fourth-order valence-corrected chi connectivity index (χ4v) is 1.47. The van der Waals surface area contributed by atoms with Crippen LogP contribution in [0.15, 0.2) is 29.3 Å². The molecule has 3 N–H and O–H groups in total. The predicted octanol–water partition coefficient (Wildman–Crippen LogP) is 1.99. The average molecular weight is 378 g/mol. The fourth-order valence-electron chi connectivity index (χ4n) is 1.47. The van der Waals surface area contributed by atoms with Crippen molar-refractivity contribution in [1.29, 1.82) is 0 Å². The Labute approximate surface area is 132 Å². The molecule has 0 heterocycles. The molecule has 19 heavy (non-hydrogen) atoms. The van der Waals surface area contributed by atoms with Gasteiger partial charge in [-0.25, -0.2) is 0 Å². The van der Waals surface area contributed by atoms with Crippen LogP contribution in [-0.2, 0) is 0 Å². The van der Waals surface area contributed by atoms with E-state index in [2.05, 4.69) is 15.2 Å². The minimum Gasteiger partial charge on any atom is -0.497 e. The van der Waals surface area contributed by atoms with Gasteiger partial charge in [-0.2, -0.15) is 0 Å². The largest absolute Gasteiger partial charge is 0.497 e. The lowest BCUT2D eigenvalue weighted by Crippen LogP contribution is -2.23. The summed E-state index contributed by atoms with van der Waals surface area (Å²) in [5, 5.41) is 3.04. The molecule has 1 aromatic carbocycles. The smallest absolute Gasteiger partial charge is 0.193 e. The molecule has 1 aromatic rings. The van der Waals surface area contributed by atoms with Gasteiger partial charge < -0.3 is 20.7 Å². The van der Waals surface area contributed by atoms with Gasteiger partial charge in [0.25, 0.3) is 0 Å². The lowest BCUT2D eigenvalue weighted by atomic mass is 10.3. The molecule has 1 rings (SSSR count). The number of nitrogens with zero attached hydrogens (tertiary/aromatic N) is 2. The Morgan fingerprint density at radius 2 is 2.16 bits per heavy atom. The molecule has 0 aliphatic rings. The highest BCUT2D eigenvalue weighted by molar-refractivity contribution is 14.0. The first-order valence-corrected chi connectivity index (χ1v) is 5.97. The molecule has 0 bridgehead atoms. The third-order valence-corrected chi connectivity index (χ3v) is 2.39. The van der Waals surface area contributed by atoms with E-state index in [0.717, 1.165) is 30.9 Å². The van der Waals surface area contributed by atoms with Gasteiger partial charge in [0.2, 0.25) is 0 Å². The van der Waals surface area contributed by atoms with Gasteiger partial charge in [0.15, 0.2) is 5.96 Å². The Morgan fingerprint density at radius 3 is 2.79 bits per heavy atom. The van der Waals surface area contributed by atoms with Crippen LogP contribution in [0.25, 0.3) is 0 Å². The number of methoxy groups -OCH3 is 1. The third-order valence-electron chi connectivity index (χ3n) is 2.39. The van der Waals surface area contributed by atoms with Crippen molar-refractivity contribution in [2.75, 3.05) is 39.6 Å². The summed E-state index contributed by atoms with van der Waals surface area (Å²) in [4.78, 5) is 6.39. The molecule has 0 spiro atoms. The van der Waals surface area contributed by atoms with Gasteiger partial charge in [-0.05, 0) is 39.2 Å². The second-order valence-electron chi connectivity index (χ2n) is 4.28. The highest BCUT2D eigenvalue weighted by Crippen LogP contribution is 2.16. The highest BCUT2D eigenvalue weighted by atomic mass is 127. The first-order chi connectivity index (χ1) is 8.61. The number of rotatable bonds is 6. The molecule has 0 radical (unpaired) electrons. The summed E-state index contributed by atoms with van der Waals surface area (Å²) in [6, 6.07) is 7.59. The first kappa shape index (κ1) is 18.0. The zero-order chi connectivity index (χ0) is 13.4. The van der Waals surface area contributed by atoms with Crippen molar-refractivity contribution in [2.45, 2.75) is 6.42 Å². The number of aliphatic imine (C=N–C) groups is 1. The summed E-state index contributed by atoms with van der Waals surface area (Å²) >= 11 is 0. The second-order valence-corrected chi connectivity index (χ2v) is 4.28. The van der Waals surface area contributed by atoms with Gasteiger partial charge in [0.1, 0.15) is 5.75 Å². The van der Waals surface area contributed by atoms with Gasteiger partial charge in [-0.15, -0.1) is 24.0 Å². The average Bonchev–Trinajstić information content (AvgIpc) is 2.34. The van der Waals surface area contributed by atoms with Crippen LogP contribution in [0.4, 0.5) is 5.69 Å². The van der Waals surface area contributed by atoms with E-state index in [0.29, 0.717) is 5.96 Å². The lowest BCUT2D eigenvalue weighted by Gasteiger charge is -2.09. The number of nitrogens with one attached hydrogen (secondary N) is 1. The predicted molar refractivity (Wildman–Crippen MR) is 91.7 cm³/mol. The second kappa shape index (κ2) is 9.85. The molecule has 6 heteroatoms. The van der Waals surface area contributed by atoms with E-state index < -0.39 is 0 Å². The van der Waals surface area contributed by atoms with Crippen LogP contribution in [0.1, 0.15) is 6.42 Å². The molecule has 0 saturated heterocycles. The van der Waals surface area contributed by atoms with Crippen LogP contribution >= 0.6 is 24.0 Å². The van der Waals surface area contributed by atoms with Crippen molar-refractivity contribution in [2.24, 2.45) is 10.7 Å². The summed E-state index contributed by atoms with van der Waals surface area (Å²) in [5.74, 6) is 1.22. The van der Waals surface area contributed by atoms with Crippen LogP contribution in [0, 0.1) is 0 Å². The first-order valence-electron chi connectivity index (χ1n) is 5.97. The maximum atomic E-state index is 5.80. The number of hydrogen-bond acceptors (Lipinski definition) is 3. The number of halogens is 1. The molecule has 0 aliphatic heterocycles. The normalized spacial score (nSPS) is 11.1. The summed E-state index contributed by atoms with van der Waals surface area (Å²) in [7, 11) is 5.72. The topological polar surface area (TPSA) is 62.9 Å². The zero-order valence-electron chi connectivity index (χ0n) is 11.7. The highest BCUT2D eigenvalue weighted by Gasteiger charge is 1.97. The molecule has 0 atom stereocenters. The number of hydrogen-bond donors (Lipinski definition) is 2. The van der Waals surface area contributed by atoms with Gasteiger partial charge in [0, 0.05) is 18.3 Å². The van der Waals surface area contributed by atoms with Crippen molar-refractivity contribution in [1.82, 2.24) is 4.90 Å². The van der Waals surface area contributed by atoms with Crippen LogP contribution in [0.2, 0.25) is 0 Å².